The van der Waals surface area contributed by atoms with E-state index in [-0.39, 0.29) is 5.71 Å². The molecule has 0 unspecified atom stereocenters. The fourth-order valence-electron chi connectivity index (χ4n) is 1.76. The molecule has 1 N–H and O–H groups in total. The Hall–Kier alpha value is -2.08. The Morgan fingerprint density at radius 3 is 2.79 bits per heavy atom. The average molecular weight is 278 g/mol. The molecule has 0 spiro atoms. The van der Waals surface area contributed by atoms with Crippen molar-refractivity contribution in [1.82, 2.24) is 0 Å². The van der Waals surface area contributed by atoms with Crippen molar-refractivity contribution in [3.8, 4) is 0 Å². The van der Waals surface area contributed by atoms with Gasteiger partial charge in [-0.1, -0.05) is 11.2 Å². The number of nitrogens with zero attached hydrogens (tertiary/aromatic N) is 2. The standard InChI is InChI=1S/C13H14N2O3S/c1-9(12-6-4-8-19-12)15(17)10(2)13(14-16)11-5-3-7-18-11/h3-8,10,16H,1-2H3/b14-13+,15-9-/t10-/m0/s1. The zero-order chi connectivity index (χ0) is 13.8. The van der Waals surface area contributed by atoms with E-state index in [2.05, 4.69) is 5.16 Å². The van der Waals surface area contributed by atoms with Gasteiger partial charge < -0.3 is 14.8 Å². The Bertz CT molecular complexity index is 585. The number of thiophene rings is 1. The van der Waals surface area contributed by atoms with Crippen LogP contribution in [0.15, 0.2) is 45.5 Å². The number of furan rings is 1. The molecule has 0 aliphatic rings. The number of rotatable bonds is 4. The molecule has 0 saturated heterocycles. The van der Waals surface area contributed by atoms with Crippen LogP contribution in [-0.4, -0.2) is 27.4 Å². The highest BCUT2D eigenvalue weighted by Gasteiger charge is 2.25. The molecule has 1 atom stereocenters. The van der Waals surface area contributed by atoms with Gasteiger partial charge in [-0.25, -0.2) is 0 Å². The third kappa shape index (κ3) is 2.68. The molecule has 2 aromatic rings. The molecule has 2 heterocycles. The molecule has 19 heavy (non-hydrogen) atoms. The van der Waals surface area contributed by atoms with Gasteiger partial charge in [-0.3, -0.25) is 0 Å². The smallest absolute Gasteiger partial charge is 0.209 e. The maximum absolute atomic E-state index is 12.3. The van der Waals surface area contributed by atoms with Crippen LogP contribution in [0, 0.1) is 5.21 Å². The van der Waals surface area contributed by atoms with E-state index in [0.717, 1.165) is 9.62 Å². The van der Waals surface area contributed by atoms with Crippen LogP contribution in [0.25, 0.3) is 0 Å². The van der Waals surface area contributed by atoms with Crippen LogP contribution >= 0.6 is 11.3 Å². The lowest BCUT2D eigenvalue weighted by atomic mass is 10.1. The Morgan fingerprint density at radius 2 is 2.26 bits per heavy atom. The summed E-state index contributed by atoms with van der Waals surface area (Å²) in [6.07, 6.45) is 1.47. The van der Waals surface area contributed by atoms with E-state index in [1.54, 1.807) is 26.0 Å². The second-order valence-electron chi connectivity index (χ2n) is 4.03. The Balaban J connectivity index is 2.33. The first kappa shape index (κ1) is 13.4. The van der Waals surface area contributed by atoms with Gasteiger partial charge in [0.1, 0.15) is 0 Å². The lowest BCUT2D eigenvalue weighted by Gasteiger charge is -2.14. The molecular formula is C13H14N2O3S. The van der Waals surface area contributed by atoms with Crippen LogP contribution in [-0.2, 0) is 0 Å². The predicted octanol–water partition coefficient (Wildman–Crippen LogP) is 2.93. The number of oxime groups is 1. The lowest BCUT2D eigenvalue weighted by Crippen LogP contribution is -2.32. The van der Waals surface area contributed by atoms with Crippen molar-refractivity contribution >= 4 is 22.8 Å². The minimum atomic E-state index is -0.641. The first-order valence-electron chi connectivity index (χ1n) is 5.74. The van der Waals surface area contributed by atoms with Crippen LogP contribution in [0.1, 0.15) is 24.5 Å². The fraction of sp³-hybridized carbons (Fsp3) is 0.231. The minimum absolute atomic E-state index is 0.205. The summed E-state index contributed by atoms with van der Waals surface area (Å²) in [5.74, 6) is 0.384. The maximum Gasteiger partial charge on any atom is 0.209 e. The zero-order valence-corrected chi connectivity index (χ0v) is 11.4. The van der Waals surface area contributed by atoms with Crippen LogP contribution in [0.4, 0.5) is 0 Å². The highest BCUT2D eigenvalue weighted by Crippen LogP contribution is 2.13. The van der Waals surface area contributed by atoms with Gasteiger partial charge in [0.15, 0.2) is 11.5 Å². The van der Waals surface area contributed by atoms with E-state index in [0.29, 0.717) is 11.5 Å². The normalized spacial score (nSPS) is 15.2. The zero-order valence-electron chi connectivity index (χ0n) is 10.6. The molecule has 6 heteroatoms. The molecule has 0 bridgehead atoms. The van der Waals surface area contributed by atoms with E-state index in [9.17, 15) is 5.21 Å². The van der Waals surface area contributed by atoms with Gasteiger partial charge in [0.2, 0.25) is 11.8 Å². The van der Waals surface area contributed by atoms with E-state index < -0.39 is 6.04 Å². The minimum Gasteiger partial charge on any atom is -0.623 e. The second-order valence-corrected chi connectivity index (χ2v) is 4.97. The van der Waals surface area contributed by atoms with Crippen LogP contribution in [0.2, 0.25) is 0 Å². The SMILES string of the molecule is C/C(c1cccs1)=[N+](/[O-])[C@@H](C)/C(=N\O)c1ccco1. The summed E-state index contributed by atoms with van der Waals surface area (Å²) in [6.45, 7) is 3.41. The number of hydrogen-bond acceptors (Lipinski definition) is 5. The Kier molecular flexibility index (Phi) is 4.01. The van der Waals surface area contributed by atoms with Gasteiger partial charge in [0.05, 0.1) is 11.1 Å². The number of hydroxylamine groups is 1. The Labute approximate surface area is 114 Å². The molecule has 2 aromatic heterocycles. The predicted molar refractivity (Wildman–Crippen MR) is 74.2 cm³/mol. The third-order valence-corrected chi connectivity index (χ3v) is 3.82. The summed E-state index contributed by atoms with van der Waals surface area (Å²) in [5, 5.41) is 26.5. The second kappa shape index (κ2) is 5.71. The summed E-state index contributed by atoms with van der Waals surface area (Å²) in [4.78, 5) is 0.888. The first-order chi connectivity index (χ1) is 9.15. The van der Waals surface area contributed by atoms with Crippen molar-refractivity contribution in [2.45, 2.75) is 19.9 Å². The van der Waals surface area contributed by atoms with Gasteiger partial charge >= 0.3 is 0 Å². The fourth-order valence-corrected chi connectivity index (χ4v) is 2.48. The molecule has 0 saturated carbocycles. The van der Waals surface area contributed by atoms with E-state index in [4.69, 9.17) is 9.62 Å². The van der Waals surface area contributed by atoms with Crippen molar-refractivity contribution in [1.29, 1.82) is 0 Å². The summed E-state index contributed by atoms with van der Waals surface area (Å²) >= 11 is 1.49. The van der Waals surface area contributed by atoms with E-state index >= 15 is 0 Å². The van der Waals surface area contributed by atoms with Crippen molar-refractivity contribution in [2.24, 2.45) is 5.16 Å². The van der Waals surface area contributed by atoms with Crippen LogP contribution in [0.3, 0.4) is 0 Å². The Morgan fingerprint density at radius 1 is 1.47 bits per heavy atom. The van der Waals surface area contributed by atoms with Crippen molar-refractivity contribution in [3.63, 3.8) is 0 Å². The van der Waals surface area contributed by atoms with E-state index in [1.807, 2.05) is 17.5 Å². The summed E-state index contributed by atoms with van der Waals surface area (Å²) in [7, 11) is 0. The topological polar surface area (TPSA) is 71.8 Å². The molecule has 0 aliphatic carbocycles. The van der Waals surface area contributed by atoms with Crippen molar-refractivity contribution < 1.29 is 14.4 Å². The van der Waals surface area contributed by atoms with Gasteiger partial charge in [-0.15, -0.1) is 11.3 Å². The molecule has 0 fully saturated rings. The van der Waals surface area contributed by atoms with Crippen LogP contribution < -0.4 is 0 Å². The average Bonchev–Trinajstić information content (AvgIpc) is 3.10. The molecule has 0 aromatic carbocycles. The van der Waals surface area contributed by atoms with Crippen LogP contribution in [0.5, 0.6) is 0 Å². The monoisotopic (exact) mass is 278 g/mol. The highest BCUT2D eigenvalue weighted by atomic mass is 32.1. The summed E-state index contributed by atoms with van der Waals surface area (Å²) in [6, 6.07) is 6.45. The quantitative estimate of drug-likeness (QED) is 0.307. The summed E-state index contributed by atoms with van der Waals surface area (Å²) in [5.41, 5.74) is 0.783. The first-order valence-corrected chi connectivity index (χ1v) is 6.62. The third-order valence-electron chi connectivity index (χ3n) is 2.84. The lowest BCUT2D eigenvalue weighted by molar-refractivity contribution is -0.476. The molecule has 2 rings (SSSR count). The molecule has 100 valence electrons. The molecular weight excluding hydrogens is 264 g/mol. The van der Waals surface area contributed by atoms with Gasteiger partial charge in [-0.05, 0) is 23.6 Å². The molecule has 5 nitrogen and oxygen atoms in total. The largest absolute Gasteiger partial charge is 0.623 e. The van der Waals surface area contributed by atoms with Crippen molar-refractivity contribution in [2.75, 3.05) is 0 Å². The van der Waals surface area contributed by atoms with E-state index in [1.165, 1.54) is 17.6 Å². The van der Waals surface area contributed by atoms with Crippen molar-refractivity contribution in [3.05, 3.63) is 51.8 Å². The summed E-state index contributed by atoms with van der Waals surface area (Å²) < 4.78 is 5.99. The maximum atomic E-state index is 12.3. The molecule has 0 amide bonds. The molecule has 0 radical (unpaired) electrons. The highest BCUT2D eigenvalue weighted by molar-refractivity contribution is 7.12. The van der Waals surface area contributed by atoms with Gasteiger partial charge in [-0.2, -0.15) is 4.74 Å². The van der Waals surface area contributed by atoms with Gasteiger partial charge in [0.25, 0.3) is 0 Å². The molecule has 0 aliphatic heterocycles. The number of hydrogen-bond donors (Lipinski definition) is 1. The van der Waals surface area contributed by atoms with Gasteiger partial charge in [0, 0.05) is 13.8 Å².